The van der Waals surface area contributed by atoms with Gasteiger partial charge in [0.2, 0.25) is 11.9 Å². The van der Waals surface area contributed by atoms with E-state index in [0.29, 0.717) is 18.8 Å². The summed E-state index contributed by atoms with van der Waals surface area (Å²) in [4.78, 5) is 33.9. The maximum atomic E-state index is 11.8. The van der Waals surface area contributed by atoms with Crippen molar-refractivity contribution < 1.29 is 9.59 Å². The Morgan fingerprint density at radius 3 is 2.93 bits per heavy atom. The first-order valence-electron chi connectivity index (χ1n) is 9.37. The first-order valence-corrected chi connectivity index (χ1v) is 9.37. The van der Waals surface area contributed by atoms with Crippen molar-refractivity contribution in [2.24, 2.45) is 5.73 Å². The normalized spacial score (nSPS) is 15.7. The molecule has 1 aliphatic rings. The van der Waals surface area contributed by atoms with E-state index in [1.54, 1.807) is 11.1 Å². The number of pyridine rings is 1. The summed E-state index contributed by atoms with van der Waals surface area (Å²) < 4.78 is 0. The number of aromatic nitrogens is 4. The maximum Gasteiger partial charge on any atom is 0.273 e. The lowest BCUT2D eigenvalue weighted by atomic mass is 10.2. The Labute approximate surface area is 172 Å². The third kappa shape index (κ3) is 4.02. The minimum Gasteiger partial charge on any atom is -0.364 e. The highest BCUT2D eigenvalue weighted by molar-refractivity contribution is 5.96. The zero-order chi connectivity index (χ0) is 21.1. The van der Waals surface area contributed by atoms with Gasteiger partial charge in [-0.25, -0.2) is 0 Å². The molecule has 4 rings (SSSR count). The molecule has 152 valence electrons. The number of primary amides is 1. The van der Waals surface area contributed by atoms with Crippen LogP contribution >= 0.6 is 0 Å². The molecule has 30 heavy (non-hydrogen) atoms. The molecule has 1 aromatic carbocycles. The molecule has 2 aromatic heterocycles. The zero-order valence-corrected chi connectivity index (χ0v) is 16.1. The van der Waals surface area contributed by atoms with E-state index in [1.165, 1.54) is 6.08 Å². The standard InChI is InChI=1S/C20H20N8O2/c1-2-16(29)28-9-7-14(11-28)24-20-25-19(17(18(21)30)26-27-20)23-13-5-6-15-12(10-13)4-3-8-22-15/h2-6,8,10,14H,1,7,9,11H2,(H2,21,30)(H2,23,24,25,27)/t14-/m1/s1. The lowest BCUT2D eigenvalue weighted by Crippen LogP contribution is -2.30. The maximum absolute atomic E-state index is 11.8. The Balaban J connectivity index is 1.56. The summed E-state index contributed by atoms with van der Waals surface area (Å²) in [6.45, 7) is 4.63. The molecule has 0 unspecified atom stereocenters. The van der Waals surface area contributed by atoms with Crippen LogP contribution in [0.3, 0.4) is 0 Å². The Kier molecular flexibility index (Phi) is 5.21. The molecule has 1 saturated heterocycles. The van der Waals surface area contributed by atoms with E-state index in [-0.39, 0.29) is 29.4 Å². The largest absolute Gasteiger partial charge is 0.364 e. The van der Waals surface area contributed by atoms with Crippen molar-refractivity contribution in [2.75, 3.05) is 23.7 Å². The van der Waals surface area contributed by atoms with Gasteiger partial charge >= 0.3 is 0 Å². The topological polar surface area (TPSA) is 139 Å². The number of benzene rings is 1. The fraction of sp³-hybridized carbons (Fsp3) is 0.200. The van der Waals surface area contributed by atoms with Gasteiger partial charge in [0, 0.05) is 36.4 Å². The molecule has 10 nitrogen and oxygen atoms in total. The Morgan fingerprint density at radius 1 is 1.27 bits per heavy atom. The molecule has 4 N–H and O–H groups in total. The average Bonchev–Trinajstić information content (AvgIpc) is 3.21. The predicted molar refractivity (Wildman–Crippen MR) is 112 cm³/mol. The third-order valence-corrected chi connectivity index (χ3v) is 4.79. The second-order valence-electron chi connectivity index (χ2n) is 6.85. The monoisotopic (exact) mass is 404 g/mol. The van der Waals surface area contributed by atoms with E-state index >= 15 is 0 Å². The first kappa shape index (κ1) is 19.2. The van der Waals surface area contributed by atoms with Crippen molar-refractivity contribution in [3.8, 4) is 0 Å². The molecule has 0 aliphatic carbocycles. The van der Waals surface area contributed by atoms with Gasteiger partial charge in [-0.2, -0.15) is 4.98 Å². The van der Waals surface area contributed by atoms with E-state index in [2.05, 4.69) is 37.4 Å². The number of anilines is 3. The molecule has 1 fully saturated rings. The van der Waals surface area contributed by atoms with Crippen molar-refractivity contribution in [1.29, 1.82) is 0 Å². The summed E-state index contributed by atoms with van der Waals surface area (Å²) >= 11 is 0. The fourth-order valence-corrected chi connectivity index (χ4v) is 3.32. The van der Waals surface area contributed by atoms with Gasteiger partial charge in [0.15, 0.2) is 11.5 Å². The zero-order valence-electron chi connectivity index (χ0n) is 16.1. The van der Waals surface area contributed by atoms with E-state index < -0.39 is 5.91 Å². The molecular formula is C20H20N8O2. The van der Waals surface area contributed by atoms with Gasteiger partial charge in [-0.05, 0) is 36.8 Å². The smallest absolute Gasteiger partial charge is 0.273 e. The number of nitrogens with one attached hydrogen (secondary N) is 2. The van der Waals surface area contributed by atoms with Crippen molar-refractivity contribution in [1.82, 2.24) is 25.1 Å². The van der Waals surface area contributed by atoms with Gasteiger partial charge in [0.1, 0.15) is 0 Å². The molecule has 10 heteroatoms. The van der Waals surface area contributed by atoms with Gasteiger partial charge in [-0.3, -0.25) is 14.6 Å². The van der Waals surface area contributed by atoms with Gasteiger partial charge in [0.25, 0.3) is 5.91 Å². The number of amides is 2. The van der Waals surface area contributed by atoms with Crippen LogP contribution in [0.1, 0.15) is 16.9 Å². The van der Waals surface area contributed by atoms with Crippen molar-refractivity contribution in [2.45, 2.75) is 12.5 Å². The lowest BCUT2D eigenvalue weighted by molar-refractivity contribution is -0.125. The van der Waals surface area contributed by atoms with Crippen molar-refractivity contribution >= 4 is 40.2 Å². The quantitative estimate of drug-likeness (QED) is 0.525. The Morgan fingerprint density at radius 2 is 2.13 bits per heavy atom. The molecule has 2 amide bonds. The summed E-state index contributed by atoms with van der Waals surface area (Å²) in [5.74, 6) is -0.422. The highest BCUT2D eigenvalue weighted by Gasteiger charge is 2.26. The first-order chi connectivity index (χ1) is 14.5. The number of hydrogen-bond acceptors (Lipinski definition) is 8. The molecule has 0 saturated carbocycles. The highest BCUT2D eigenvalue weighted by atomic mass is 16.2. The van der Waals surface area contributed by atoms with Crippen LogP contribution < -0.4 is 16.4 Å². The number of carbonyl (C=O) groups is 2. The summed E-state index contributed by atoms with van der Waals surface area (Å²) in [7, 11) is 0. The molecule has 0 radical (unpaired) electrons. The Bertz CT molecular complexity index is 1130. The molecule has 1 aliphatic heterocycles. The van der Waals surface area contributed by atoms with E-state index in [0.717, 1.165) is 17.3 Å². The van der Waals surface area contributed by atoms with Crippen LogP contribution in [-0.2, 0) is 4.79 Å². The number of carbonyl (C=O) groups excluding carboxylic acids is 2. The number of likely N-dealkylation sites (tertiary alicyclic amines) is 1. The summed E-state index contributed by atoms with van der Waals surface area (Å²) in [5, 5.41) is 15.1. The molecule has 3 heterocycles. The van der Waals surface area contributed by atoms with Gasteiger partial charge in [-0.1, -0.05) is 12.6 Å². The minimum atomic E-state index is -0.741. The fourth-order valence-electron chi connectivity index (χ4n) is 3.32. The average molecular weight is 404 g/mol. The van der Waals surface area contributed by atoms with E-state index in [9.17, 15) is 9.59 Å². The van der Waals surface area contributed by atoms with Crippen LogP contribution in [0, 0.1) is 0 Å². The van der Waals surface area contributed by atoms with Crippen molar-refractivity contribution in [3.63, 3.8) is 0 Å². The van der Waals surface area contributed by atoms with Crippen LogP contribution in [0.25, 0.3) is 10.9 Å². The molecule has 0 spiro atoms. The van der Waals surface area contributed by atoms with Gasteiger partial charge in [-0.15, -0.1) is 10.2 Å². The lowest BCUT2D eigenvalue weighted by Gasteiger charge is -2.16. The highest BCUT2D eigenvalue weighted by Crippen LogP contribution is 2.23. The minimum absolute atomic E-state index is 0.0327. The second-order valence-corrected chi connectivity index (χ2v) is 6.85. The van der Waals surface area contributed by atoms with Crippen LogP contribution in [-0.4, -0.2) is 56.0 Å². The SMILES string of the molecule is C=CC(=O)N1CC[C@@H](Nc2nnc(C(N)=O)c(Nc3ccc4ncccc4c3)n2)C1. The van der Waals surface area contributed by atoms with E-state index in [1.807, 2.05) is 30.3 Å². The molecule has 1 atom stereocenters. The third-order valence-electron chi connectivity index (χ3n) is 4.79. The molecule has 0 bridgehead atoms. The van der Waals surface area contributed by atoms with Gasteiger partial charge < -0.3 is 21.3 Å². The predicted octanol–water partition coefficient (Wildman–Crippen LogP) is 1.46. The van der Waals surface area contributed by atoms with E-state index in [4.69, 9.17) is 5.73 Å². The van der Waals surface area contributed by atoms with Crippen LogP contribution in [0.15, 0.2) is 49.2 Å². The second kappa shape index (κ2) is 8.11. The van der Waals surface area contributed by atoms with Gasteiger partial charge in [0.05, 0.1) is 5.52 Å². The van der Waals surface area contributed by atoms with Crippen LogP contribution in [0.5, 0.6) is 0 Å². The number of nitrogens with zero attached hydrogens (tertiary/aromatic N) is 5. The molecule has 3 aromatic rings. The number of hydrogen-bond donors (Lipinski definition) is 3. The van der Waals surface area contributed by atoms with Crippen molar-refractivity contribution in [3.05, 3.63) is 54.9 Å². The Hall–Kier alpha value is -4.08. The number of fused-ring (bicyclic) bond motifs is 1. The number of nitrogens with two attached hydrogens (primary N) is 1. The number of rotatable bonds is 6. The van der Waals surface area contributed by atoms with Crippen LogP contribution in [0.4, 0.5) is 17.5 Å². The summed E-state index contributed by atoms with van der Waals surface area (Å²) in [6.07, 6.45) is 3.75. The molecular weight excluding hydrogens is 384 g/mol. The summed E-state index contributed by atoms with van der Waals surface area (Å²) in [5.41, 5.74) is 6.92. The van der Waals surface area contributed by atoms with Crippen LogP contribution in [0.2, 0.25) is 0 Å². The summed E-state index contributed by atoms with van der Waals surface area (Å²) in [6, 6.07) is 9.32.